The van der Waals surface area contributed by atoms with Gasteiger partial charge < -0.3 is 15.2 Å². The molecule has 0 saturated carbocycles. The number of anilines is 1. The fourth-order valence-electron chi connectivity index (χ4n) is 2.16. The monoisotopic (exact) mass is 367 g/mol. The number of carboxylic acids is 1. The molecule has 0 saturated heterocycles. The minimum atomic E-state index is -1.21. The lowest BCUT2D eigenvalue weighted by Crippen LogP contribution is -2.20. The number of carbonyl (C=O) groups excluding carboxylic acids is 1. The van der Waals surface area contributed by atoms with Crippen LogP contribution in [0.15, 0.2) is 30.3 Å². The van der Waals surface area contributed by atoms with Crippen molar-refractivity contribution in [2.75, 3.05) is 11.9 Å². The number of hydrogen-bond donors (Lipinski definition) is 2. The van der Waals surface area contributed by atoms with Gasteiger partial charge in [0.2, 0.25) is 0 Å². The van der Waals surface area contributed by atoms with E-state index in [0.29, 0.717) is 5.75 Å². The number of ether oxygens (including phenoxy) is 1. The second-order valence-electron chi connectivity index (χ2n) is 5.28. The van der Waals surface area contributed by atoms with Gasteiger partial charge in [-0.05, 0) is 49.2 Å². The molecule has 7 heteroatoms. The molecule has 5 nitrogen and oxygen atoms in total. The predicted molar refractivity (Wildman–Crippen MR) is 93.5 cm³/mol. The van der Waals surface area contributed by atoms with E-state index in [0.717, 1.165) is 11.1 Å². The van der Waals surface area contributed by atoms with E-state index in [1.54, 1.807) is 0 Å². The number of benzene rings is 2. The summed E-state index contributed by atoms with van der Waals surface area (Å²) >= 11 is 11.8. The summed E-state index contributed by atoms with van der Waals surface area (Å²) in [6, 6.07) is 8.11. The van der Waals surface area contributed by atoms with Crippen LogP contribution in [0.25, 0.3) is 0 Å². The van der Waals surface area contributed by atoms with Crippen molar-refractivity contribution >= 4 is 40.8 Å². The first-order chi connectivity index (χ1) is 11.3. The van der Waals surface area contributed by atoms with Crippen molar-refractivity contribution in [2.45, 2.75) is 13.8 Å². The molecule has 0 heterocycles. The van der Waals surface area contributed by atoms with Gasteiger partial charge in [0.1, 0.15) is 5.75 Å². The minimum absolute atomic E-state index is 0.00279. The maximum absolute atomic E-state index is 12.0. The summed E-state index contributed by atoms with van der Waals surface area (Å²) in [6.45, 7) is 3.63. The summed E-state index contributed by atoms with van der Waals surface area (Å²) in [5.74, 6) is -1.09. The van der Waals surface area contributed by atoms with E-state index in [2.05, 4.69) is 5.32 Å². The summed E-state index contributed by atoms with van der Waals surface area (Å²) in [7, 11) is 0. The van der Waals surface area contributed by atoms with Gasteiger partial charge in [0.25, 0.3) is 5.91 Å². The first-order valence-corrected chi connectivity index (χ1v) is 7.75. The SMILES string of the molecule is Cc1cc(C)cc(OCC(=O)Nc2cc(C(=O)O)c(Cl)cc2Cl)c1. The van der Waals surface area contributed by atoms with Crippen LogP contribution in [-0.4, -0.2) is 23.6 Å². The summed E-state index contributed by atoms with van der Waals surface area (Å²) < 4.78 is 5.45. The Bertz CT molecular complexity index is 785. The van der Waals surface area contributed by atoms with E-state index in [-0.39, 0.29) is 27.9 Å². The van der Waals surface area contributed by atoms with Gasteiger partial charge in [0.05, 0.1) is 21.3 Å². The van der Waals surface area contributed by atoms with E-state index in [1.807, 2.05) is 32.0 Å². The van der Waals surface area contributed by atoms with Crippen molar-refractivity contribution in [3.8, 4) is 5.75 Å². The topological polar surface area (TPSA) is 75.6 Å². The third-order valence-electron chi connectivity index (χ3n) is 3.13. The molecular formula is C17H15Cl2NO4. The number of amides is 1. The Morgan fingerprint density at radius 2 is 1.67 bits per heavy atom. The average molecular weight is 368 g/mol. The van der Waals surface area contributed by atoms with Gasteiger partial charge in [-0.25, -0.2) is 4.79 Å². The van der Waals surface area contributed by atoms with Crippen LogP contribution in [0.2, 0.25) is 10.0 Å². The molecule has 0 aromatic heterocycles. The van der Waals surface area contributed by atoms with Crippen molar-refractivity contribution in [1.82, 2.24) is 0 Å². The van der Waals surface area contributed by atoms with Gasteiger partial charge in [0, 0.05) is 0 Å². The lowest BCUT2D eigenvalue weighted by molar-refractivity contribution is -0.118. The molecule has 0 aliphatic rings. The molecule has 126 valence electrons. The van der Waals surface area contributed by atoms with Crippen molar-refractivity contribution in [1.29, 1.82) is 0 Å². The van der Waals surface area contributed by atoms with Crippen LogP contribution >= 0.6 is 23.2 Å². The molecule has 2 N–H and O–H groups in total. The number of carboxylic acid groups (broad SMARTS) is 1. The molecule has 0 atom stereocenters. The normalized spacial score (nSPS) is 10.3. The molecule has 0 bridgehead atoms. The summed E-state index contributed by atoms with van der Waals surface area (Å²) in [4.78, 5) is 23.1. The second-order valence-corrected chi connectivity index (χ2v) is 6.09. The zero-order valence-electron chi connectivity index (χ0n) is 13.0. The van der Waals surface area contributed by atoms with Crippen molar-refractivity contribution in [3.05, 3.63) is 57.1 Å². The molecule has 0 unspecified atom stereocenters. The first kappa shape index (κ1) is 18.1. The number of aromatic carboxylic acids is 1. The Hall–Kier alpha value is -2.24. The maximum Gasteiger partial charge on any atom is 0.337 e. The van der Waals surface area contributed by atoms with Gasteiger partial charge in [0.15, 0.2) is 6.61 Å². The van der Waals surface area contributed by atoms with Gasteiger partial charge in [-0.1, -0.05) is 29.3 Å². The minimum Gasteiger partial charge on any atom is -0.484 e. The number of halogens is 2. The first-order valence-electron chi connectivity index (χ1n) is 6.99. The van der Waals surface area contributed by atoms with Crippen LogP contribution in [0, 0.1) is 13.8 Å². The van der Waals surface area contributed by atoms with Crippen LogP contribution < -0.4 is 10.1 Å². The van der Waals surface area contributed by atoms with Crippen LogP contribution in [-0.2, 0) is 4.79 Å². The molecule has 2 aromatic rings. The molecule has 2 rings (SSSR count). The highest BCUT2D eigenvalue weighted by molar-refractivity contribution is 6.38. The van der Waals surface area contributed by atoms with E-state index < -0.39 is 11.9 Å². The Morgan fingerprint density at radius 1 is 1.04 bits per heavy atom. The van der Waals surface area contributed by atoms with Crippen LogP contribution in [0.4, 0.5) is 5.69 Å². The van der Waals surface area contributed by atoms with E-state index in [4.69, 9.17) is 33.0 Å². The Kier molecular flexibility index (Phi) is 5.70. The highest BCUT2D eigenvalue weighted by atomic mass is 35.5. The Morgan fingerprint density at radius 3 is 2.25 bits per heavy atom. The average Bonchev–Trinajstić information content (AvgIpc) is 2.46. The quantitative estimate of drug-likeness (QED) is 0.824. The van der Waals surface area contributed by atoms with E-state index in [1.165, 1.54) is 12.1 Å². The molecule has 2 aromatic carbocycles. The number of rotatable bonds is 5. The highest BCUT2D eigenvalue weighted by Gasteiger charge is 2.15. The summed E-state index contributed by atoms with van der Waals surface area (Å²) in [5, 5.41) is 11.7. The summed E-state index contributed by atoms with van der Waals surface area (Å²) in [5.41, 5.74) is 2.06. The van der Waals surface area contributed by atoms with Crippen molar-refractivity contribution < 1.29 is 19.4 Å². The number of nitrogens with one attached hydrogen (secondary N) is 1. The fraction of sp³-hybridized carbons (Fsp3) is 0.176. The van der Waals surface area contributed by atoms with E-state index in [9.17, 15) is 9.59 Å². The number of carbonyl (C=O) groups is 2. The van der Waals surface area contributed by atoms with Gasteiger partial charge in [-0.2, -0.15) is 0 Å². The largest absolute Gasteiger partial charge is 0.484 e. The molecule has 0 aliphatic carbocycles. The second kappa shape index (κ2) is 7.55. The Labute approximate surface area is 149 Å². The zero-order valence-corrected chi connectivity index (χ0v) is 14.5. The predicted octanol–water partition coefficient (Wildman–Crippen LogP) is 4.33. The standard InChI is InChI=1S/C17H15Cl2NO4/c1-9-3-10(2)5-11(4-9)24-8-16(21)20-15-6-12(17(22)23)13(18)7-14(15)19/h3-7H,8H2,1-2H3,(H,20,21)(H,22,23). The van der Waals surface area contributed by atoms with E-state index >= 15 is 0 Å². The molecule has 0 spiro atoms. The fourth-order valence-corrected chi connectivity index (χ4v) is 2.67. The summed E-state index contributed by atoms with van der Waals surface area (Å²) in [6.07, 6.45) is 0. The highest BCUT2D eigenvalue weighted by Crippen LogP contribution is 2.29. The molecular weight excluding hydrogens is 353 g/mol. The molecule has 0 radical (unpaired) electrons. The number of aryl methyl sites for hydroxylation is 2. The number of hydrogen-bond acceptors (Lipinski definition) is 3. The van der Waals surface area contributed by atoms with Crippen LogP contribution in [0.3, 0.4) is 0 Å². The van der Waals surface area contributed by atoms with Gasteiger partial charge in [-0.15, -0.1) is 0 Å². The lowest BCUT2D eigenvalue weighted by atomic mass is 10.1. The Balaban J connectivity index is 2.07. The molecule has 24 heavy (non-hydrogen) atoms. The molecule has 1 amide bonds. The third-order valence-corrected chi connectivity index (χ3v) is 3.75. The smallest absolute Gasteiger partial charge is 0.337 e. The van der Waals surface area contributed by atoms with Crippen LogP contribution in [0.1, 0.15) is 21.5 Å². The zero-order chi connectivity index (χ0) is 17.9. The molecule has 0 aliphatic heterocycles. The van der Waals surface area contributed by atoms with Gasteiger partial charge in [-0.3, -0.25) is 4.79 Å². The molecule has 0 fully saturated rings. The lowest BCUT2D eigenvalue weighted by Gasteiger charge is -2.11. The van der Waals surface area contributed by atoms with Crippen LogP contribution in [0.5, 0.6) is 5.75 Å². The van der Waals surface area contributed by atoms with Gasteiger partial charge >= 0.3 is 5.97 Å². The van der Waals surface area contributed by atoms with Crippen molar-refractivity contribution in [3.63, 3.8) is 0 Å². The van der Waals surface area contributed by atoms with Crippen molar-refractivity contribution in [2.24, 2.45) is 0 Å². The third kappa shape index (κ3) is 4.63. The maximum atomic E-state index is 12.0.